The topological polar surface area (TPSA) is 66.9 Å². The van der Waals surface area contributed by atoms with Crippen LogP contribution in [0.5, 0.6) is 0 Å². The highest BCUT2D eigenvalue weighted by Gasteiger charge is 2.32. The van der Waals surface area contributed by atoms with Crippen molar-refractivity contribution in [2.24, 2.45) is 5.41 Å². The molecule has 4 rings (SSSR count). The number of allylic oxidation sites excluding steroid dienone is 1. The van der Waals surface area contributed by atoms with E-state index in [0.29, 0.717) is 12.5 Å². The number of hydrogen-bond acceptors (Lipinski definition) is 4. The lowest BCUT2D eigenvalue weighted by molar-refractivity contribution is 0.0930. The molecule has 0 saturated carbocycles. The van der Waals surface area contributed by atoms with E-state index >= 15 is 0 Å². The lowest BCUT2D eigenvalue weighted by Crippen LogP contribution is -2.43. The van der Waals surface area contributed by atoms with E-state index < -0.39 is 0 Å². The Hall–Kier alpha value is -2.69. The molecule has 5 nitrogen and oxygen atoms in total. The van der Waals surface area contributed by atoms with Crippen LogP contribution in [-0.4, -0.2) is 29.0 Å². The van der Waals surface area contributed by atoms with Gasteiger partial charge in [-0.2, -0.15) is 0 Å². The monoisotopic (exact) mass is 380 g/mol. The first kappa shape index (κ1) is 18.7. The SMILES string of the molecule is CC(C)(C)CNc1ncc2c(n1)CC=C2c1ccc2c(c1)C(C)(C)CNC2=O.[HH].[HH]. The number of hydrogen-bond donors (Lipinski definition) is 2. The van der Waals surface area contributed by atoms with E-state index in [1.165, 1.54) is 0 Å². The molecule has 0 fully saturated rings. The van der Waals surface area contributed by atoms with Gasteiger partial charge in [0.2, 0.25) is 5.95 Å². The molecule has 1 aromatic carbocycles. The van der Waals surface area contributed by atoms with Crippen LogP contribution in [-0.2, 0) is 11.8 Å². The fourth-order valence-corrected chi connectivity index (χ4v) is 3.77. The molecule has 1 aliphatic carbocycles. The number of carbonyl (C=O) groups excluding carboxylic acids is 1. The first-order chi connectivity index (χ1) is 13.1. The summed E-state index contributed by atoms with van der Waals surface area (Å²) < 4.78 is 0. The summed E-state index contributed by atoms with van der Waals surface area (Å²) >= 11 is 0. The molecule has 1 amide bonds. The molecule has 5 heteroatoms. The van der Waals surface area contributed by atoms with Gasteiger partial charge in [-0.15, -0.1) is 0 Å². The summed E-state index contributed by atoms with van der Waals surface area (Å²) in [6, 6.07) is 6.15. The molecule has 0 spiro atoms. The smallest absolute Gasteiger partial charge is 0.251 e. The first-order valence-corrected chi connectivity index (χ1v) is 9.87. The molecule has 2 aliphatic rings. The largest absolute Gasteiger partial charge is 0.354 e. The van der Waals surface area contributed by atoms with Gasteiger partial charge in [-0.05, 0) is 34.2 Å². The van der Waals surface area contributed by atoms with Crippen LogP contribution < -0.4 is 10.6 Å². The van der Waals surface area contributed by atoms with Gasteiger partial charge in [-0.1, -0.05) is 46.8 Å². The lowest BCUT2D eigenvalue weighted by atomic mass is 9.77. The third kappa shape index (κ3) is 3.41. The van der Waals surface area contributed by atoms with Gasteiger partial charge in [-0.25, -0.2) is 9.97 Å². The molecular weight excluding hydrogens is 348 g/mol. The molecule has 0 unspecified atom stereocenters. The number of nitrogens with one attached hydrogen (secondary N) is 2. The minimum Gasteiger partial charge on any atom is -0.354 e. The Balaban J connectivity index is 0.00000160. The maximum Gasteiger partial charge on any atom is 0.251 e. The summed E-state index contributed by atoms with van der Waals surface area (Å²) in [6.45, 7) is 12.4. The molecule has 0 bridgehead atoms. The number of nitrogens with zero attached hydrogens (tertiary/aromatic N) is 2. The summed E-state index contributed by atoms with van der Waals surface area (Å²) in [7, 11) is 0. The Morgan fingerprint density at radius 3 is 2.79 bits per heavy atom. The van der Waals surface area contributed by atoms with Gasteiger partial charge in [0, 0.05) is 45.1 Å². The van der Waals surface area contributed by atoms with E-state index in [9.17, 15) is 4.79 Å². The normalized spacial score (nSPS) is 17.5. The highest BCUT2D eigenvalue weighted by molar-refractivity contribution is 5.98. The second-order valence-corrected chi connectivity index (χ2v) is 9.62. The van der Waals surface area contributed by atoms with Crippen LogP contribution in [0.25, 0.3) is 5.57 Å². The summed E-state index contributed by atoms with van der Waals surface area (Å²) in [5, 5.41) is 6.32. The van der Waals surface area contributed by atoms with E-state index in [4.69, 9.17) is 4.98 Å². The third-order valence-corrected chi connectivity index (χ3v) is 5.43. The Morgan fingerprint density at radius 1 is 1.25 bits per heavy atom. The number of benzene rings is 1. The summed E-state index contributed by atoms with van der Waals surface area (Å²) in [5.74, 6) is 0.700. The molecule has 150 valence electrons. The van der Waals surface area contributed by atoms with Crippen LogP contribution in [0.1, 0.15) is 70.2 Å². The number of anilines is 1. The van der Waals surface area contributed by atoms with Crippen molar-refractivity contribution < 1.29 is 7.65 Å². The van der Waals surface area contributed by atoms with Crippen molar-refractivity contribution in [3.63, 3.8) is 0 Å². The van der Waals surface area contributed by atoms with Gasteiger partial charge in [-0.3, -0.25) is 4.79 Å². The van der Waals surface area contributed by atoms with Gasteiger partial charge in [0.25, 0.3) is 5.91 Å². The maximum absolute atomic E-state index is 12.2. The predicted molar refractivity (Wildman–Crippen MR) is 117 cm³/mol. The summed E-state index contributed by atoms with van der Waals surface area (Å²) in [6.07, 6.45) is 4.94. The van der Waals surface area contributed by atoms with Gasteiger partial charge < -0.3 is 10.6 Å². The average molecular weight is 381 g/mol. The highest BCUT2D eigenvalue weighted by atomic mass is 16.1. The molecule has 0 saturated heterocycles. The molecule has 2 heterocycles. The van der Waals surface area contributed by atoms with E-state index in [0.717, 1.165) is 46.5 Å². The Morgan fingerprint density at radius 2 is 2.04 bits per heavy atom. The van der Waals surface area contributed by atoms with Crippen molar-refractivity contribution in [1.82, 2.24) is 15.3 Å². The van der Waals surface area contributed by atoms with Crippen LogP contribution in [0.3, 0.4) is 0 Å². The fourth-order valence-electron chi connectivity index (χ4n) is 3.77. The van der Waals surface area contributed by atoms with E-state index in [1.807, 2.05) is 18.3 Å². The van der Waals surface area contributed by atoms with Crippen LogP contribution in [0.2, 0.25) is 0 Å². The minimum absolute atomic E-state index is 0. The molecule has 1 aromatic heterocycles. The summed E-state index contributed by atoms with van der Waals surface area (Å²) in [4.78, 5) is 21.5. The summed E-state index contributed by atoms with van der Waals surface area (Å²) in [5.41, 5.74) is 6.38. The van der Waals surface area contributed by atoms with Crippen molar-refractivity contribution in [1.29, 1.82) is 0 Å². The standard InChI is InChI=1S/C23H28N4O.2H2/c1-22(2,3)12-26-21-24-11-17-15(8-9-19(17)27-21)14-6-7-16-18(10-14)23(4,5)13-25-20(16)28;;/h6-8,10-11H,9,12-13H2,1-5H3,(H,25,28)(H,24,26,27);2*1H. The van der Waals surface area contributed by atoms with Crippen molar-refractivity contribution in [3.05, 3.63) is 58.4 Å². The van der Waals surface area contributed by atoms with E-state index in [1.54, 1.807) is 0 Å². The number of amides is 1. The number of aromatic nitrogens is 2. The average Bonchev–Trinajstić information content (AvgIpc) is 3.06. The second-order valence-electron chi connectivity index (χ2n) is 9.62. The Bertz CT molecular complexity index is 993. The zero-order valence-corrected chi connectivity index (χ0v) is 17.3. The van der Waals surface area contributed by atoms with Crippen LogP contribution in [0, 0.1) is 5.41 Å². The lowest BCUT2D eigenvalue weighted by Gasteiger charge is -2.33. The van der Waals surface area contributed by atoms with Gasteiger partial charge >= 0.3 is 0 Å². The third-order valence-electron chi connectivity index (χ3n) is 5.43. The van der Waals surface area contributed by atoms with E-state index in [2.05, 4.69) is 62.4 Å². The van der Waals surface area contributed by atoms with Crippen LogP contribution in [0.15, 0.2) is 30.5 Å². The predicted octanol–water partition coefficient (Wildman–Crippen LogP) is 4.44. The quantitative estimate of drug-likeness (QED) is 0.826. The molecule has 0 atom stereocenters. The van der Waals surface area contributed by atoms with Gasteiger partial charge in [0.05, 0.1) is 5.69 Å². The minimum atomic E-state index is -0.0848. The van der Waals surface area contributed by atoms with Crippen molar-refractivity contribution >= 4 is 17.4 Å². The molecular formula is C23H32N4O. The number of rotatable bonds is 3. The molecule has 2 N–H and O–H groups in total. The Kier molecular flexibility index (Phi) is 4.29. The fraction of sp³-hybridized carbons (Fsp3) is 0.435. The number of fused-ring (bicyclic) bond motifs is 2. The molecule has 2 aromatic rings. The zero-order valence-electron chi connectivity index (χ0n) is 17.3. The molecule has 1 aliphatic heterocycles. The Labute approximate surface area is 169 Å². The zero-order chi connectivity index (χ0) is 20.1. The van der Waals surface area contributed by atoms with Crippen molar-refractivity contribution in [3.8, 4) is 0 Å². The van der Waals surface area contributed by atoms with Gasteiger partial charge in [0.1, 0.15) is 0 Å². The van der Waals surface area contributed by atoms with E-state index in [-0.39, 0.29) is 19.6 Å². The molecule has 0 radical (unpaired) electrons. The van der Waals surface area contributed by atoms with Crippen molar-refractivity contribution in [2.75, 3.05) is 18.4 Å². The van der Waals surface area contributed by atoms with Gasteiger partial charge in [0.15, 0.2) is 0 Å². The maximum atomic E-state index is 12.2. The molecule has 28 heavy (non-hydrogen) atoms. The van der Waals surface area contributed by atoms with Crippen LogP contribution >= 0.6 is 0 Å². The second kappa shape index (κ2) is 6.43. The van der Waals surface area contributed by atoms with Crippen LogP contribution in [0.4, 0.5) is 5.95 Å². The number of carbonyl (C=O) groups is 1. The highest BCUT2D eigenvalue weighted by Crippen LogP contribution is 2.36. The first-order valence-electron chi connectivity index (χ1n) is 9.87. The van der Waals surface area contributed by atoms with Crippen molar-refractivity contribution in [2.45, 2.75) is 46.5 Å².